The van der Waals surface area contributed by atoms with E-state index in [-0.39, 0.29) is 0 Å². The van der Waals surface area contributed by atoms with Gasteiger partial charge in [0.2, 0.25) is 0 Å². The Bertz CT molecular complexity index is 2320. The summed E-state index contributed by atoms with van der Waals surface area (Å²) in [6, 6.07) is 48.4. The number of fused-ring (bicyclic) bond motifs is 7. The number of furan rings is 1. The fourth-order valence-electron chi connectivity index (χ4n) is 6.11. The summed E-state index contributed by atoms with van der Waals surface area (Å²) in [6.07, 6.45) is 3.13. The lowest BCUT2D eigenvalue weighted by Gasteiger charge is -2.16. The molecular formula is C39H27N3O. The van der Waals surface area contributed by atoms with Gasteiger partial charge in [-0.2, -0.15) is 0 Å². The Morgan fingerprint density at radius 2 is 1.26 bits per heavy atom. The Kier molecular flexibility index (Phi) is 5.90. The molecule has 8 rings (SSSR count). The summed E-state index contributed by atoms with van der Waals surface area (Å²) < 4.78 is 8.54. The van der Waals surface area contributed by atoms with Crippen LogP contribution in [0.2, 0.25) is 0 Å². The average molecular weight is 554 g/mol. The van der Waals surface area contributed by atoms with E-state index in [0.29, 0.717) is 0 Å². The first kappa shape index (κ1) is 24.9. The standard InChI is InChI=1S/C39H27N3O/c40-24-23-34(30-12-8-11-29(25-30)28-19-17-27(18-20-28)26-9-2-1-3-10-26)41-42-35-15-6-4-14-33(35)38-36(42)22-21-32-31-13-5-7-16-37(31)43-39(32)38/h1-25,40-41H/b34-23-,40-24?. The van der Waals surface area contributed by atoms with Crippen LogP contribution in [0.1, 0.15) is 5.56 Å². The van der Waals surface area contributed by atoms with Gasteiger partial charge in [0, 0.05) is 27.9 Å². The summed E-state index contributed by atoms with van der Waals surface area (Å²) in [5, 5.41) is 12.4. The monoisotopic (exact) mass is 553 g/mol. The zero-order valence-corrected chi connectivity index (χ0v) is 23.3. The lowest BCUT2D eigenvalue weighted by atomic mass is 9.98. The maximum Gasteiger partial charge on any atom is 0.145 e. The molecule has 4 heteroatoms. The summed E-state index contributed by atoms with van der Waals surface area (Å²) >= 11 is 0. The van der Waals surface area contributed by atoms with Gasteiger partial charge < -0.3 is 9.83 Å². The molecule has 0 bridgehead atoms. The van der Waals surface area contributed by atoms with Gasteiger partial charge in [0.25, 0.3) is 0 Å². The number of hydrogen-bond acceptors (Lipinski definition) is 3. The molecule has 0 aliphatic carbocycles. The van der Waals surface area contributed by atoms with Crippen LogP contribution < -0.4 is 5.43 Å². The second kappa shape index (κ2) is 10.2. The summed E-state index contributed by atoms with van der Waals surface area (Å²) in [4.78, 5) is 0. The molecule has 204 valence electrons. The predicted octanol–water partition coefficient (Wildman–Crippen LogP) is 10.3. The lowest BCUT2D eigenvalue weighted by Crippen LogP contribution is -2.13. The normalized spacial score (nSPS) is 12.0. The zero-order chi connectivity index (χ0) is 28.8. The van der Waals surface area contributed by atoms with Crippen molar-refractivity contribution < 1.29 is 4.42 Å². The lowest BCUT2D eigenvalue weighted by molar-refractivity contribution is 0.673. The van der Waals surface area contributed by atoms with Crippen LogP contribution in [0.4, 0.5) is 0 Å². The number of nitrogens with zero attached hydrogens (tertiary/aromatic N) is 1. The topological polar surface area (TPSA) is 54.0 Å². The van der Waals surface area contributed by atoms with Crippen molar-refractivity contribution in [2.24, 2.45) is 0 Å². The Labute approximate surface area is 248 Å². The number of rotatable bonds is 6. The summed E-state index contributed by atoms with van der Waals surface area (Å²) in [5.41, 5.74) is 13.9. The third kappa shape index (κ3) is 4.20. The molecule has 0 spiro atoms. The van der Waals surface area contributed by atoms with Crippen molar-refractivity contribution in [3.8, 4) is 22.3 Å². The Balaban J connectivity index is 1.22. The second-order valence-electron chi connectivity index (χ2n) is 10.7. The van der Waals surface area contributed by atoms with Crippen molar-refractivity contribution in [2.45, 2.75) is 0 Å². The van der Waals surface area contributed by atoms with Gasteiger partial charge in [0.1, 0.15) is 11.2 Å². The molecular weight excluding hydrogens is 526 g/mol. The Morgan fingerprint density at radius 1 is 0.581 bits per heavy atom. The first-order chi connectivity index (χ1) is 21.3. The number of allylic oxidation sites excluding steroid dienone is 1. The molecule has 0 saturated carbocycles. The third-order valence-corrected chi connectivity index (χ3v) is 8.16. The highest BCUT2D eigenvalue weighted by Crippen LogP contribution is 2.39. The molecule has 0 radical (unpaired) electrons. The van der Waals surface area contributed by atoms with E-state index in [1.807, 2.05) is 24.3 Å². The molecule has 6 aromatic carbocycles. The largest absolute Gasteiger partial charge is 0.455 e. The number of para-hydroxylation sites is 2. The van der Waals surface area contributed by atoms with Gasteiger partial charge in [-0.1, -0.05) is 109 Å². The molecule has 2 aromatic heterocycles. The highest BCUT2D eigenvalue weighted by Gasteiger charge is 2.18. The minimum Gasteiger partial charge on any atom is -0.455 e. The molecule has 0 aliphatic rings. The Morgan fingerprint density at radius 3 is 2.07 bits per heavy atom. The summed E-state index contributed by atoms with van der Waals surface area (Å²) in [7, 11) is 0. The van der Waals surface area contributed by atoms with Gasteiger partial charge >= 0.3 is 0 Å². The molecule has 0 unspecified atom stereocenters. The van der Waals surface area contributed by atoms with Crippen molar-refractivity contribution in [1.29, 1.82) is 5.41 Å². The molecule has 43 heavy (non-hydrogen) atoms. The second-order valence-corrected chi connectivity index (χ2v) is 10.7. The molecule has 0 saturated heterocycles. The van der Waals surface area contributed by atoms with Crippen LogP contribution in [0, 0.1) is 5.41 Å². The van der Waals surface area contributed by atoms with Crippen molar-refractivity contribution in [3.63, 3.8) is 0 Å². The van der Waals surface area contributed by atoms with Gasteiger partial charge in [0.15, 0.2) is 0 Å². The molecule has 8 aromatic rings. The number of hydrogen-bond donors (Lipinski definition) is 2. The first-order valence-electron chi connectivity index (χ1n) is 14.4. The minimum absolute atomic E-state index is 0.824. The maximum absolute atomic E-state index is 7.96. The van der Waals surface area contributed by atoms with Crippen LogP contribution in [0.15, 0.2) is 150 Å². The molecule has 0 aliphatic heterocycles. The molecule has 0 fully saturated rings. The van der Waals surface area contributed by atoms with E-state index < -0.39 is 0 Å². The fraction of sp³-hybridized carbons (Fsp3) is 0. The highest BCUT2D eigenvalue weighted by molar-refractivity contribution is 6.23. The van der Waals surface area contributed by atoms with Crippen molar-refractivity contribution in [3.05, 3.63) is 151 Å². The van der Waals surface area contributed by atoms with Crippen LogP contribution in [0.5, 0.6) is 0 Å². The van der Waals surface area contributed by atoms with Crippen LogP contribution in [-0.4, -0.2) is 10.9 Å². The van der Waals surface area contributed by atoms with Crippen molar-refractivity contribution in [2.75, 3.05) is 5.43 Å². The minimum atomic E-state index is 0.824. The van der Waals surface area contributed by atoms with E-state index >= 15 is 0 Å². The van der Waals surface area contributed by atoms with Crippen LogP contribution in [-0.2, 0) is 0 Å². The quantitative estimate of drug-likeness (QED) is 0.201. The van der Waals surface area contributed by atoms with Gasteiger partial charge in [-0.3, -0.25) is 10.1 Å². The summed E-state index contributed by atoms with van der Waals surface area (Å²) in [5.74, 6) is 0. The Hall–Kier alpha value is -5.87. The molecule has 0 amide bonds. The molecule has 2 N–H and O–H groups in total. The van der Waals surface area contributed by atoms with E-state index in [1.165, 1.54) is 17.3 Å². The highest BCUT2D eigenvalue weighted by atomic mass is 16.3. The van der Waals surface area contributed by atoms with E-state index in [1.54, 1.807) is 6.08 Å². The van der Waals surface area contributed by atoms with E-state index in [4.69, 9.17) is 9.83 Å². The molecule has 2 heterocycles. The van der Waals surface area contributed by atoms with Crippen LogP contribution in [0.25, 0.3) is 71.7 Å². The van der Waals surface area contributed by atoms with Crippen molar-refractivity contribution in [1.82, 2.24) is 4.68 Å². The first-order valence-corrected chi connectivity index (χ1v) is 14.4. The van der Waals surface area contributed by atoms with Gasteiger partial charge in [-0.15, -0.1) is 0 Å². The van der Waals surface area contributed by atoms with E-state index in [0.717, 1.165) is 66.1 Å². The van der Waals surface area contributed by atoms with Gasteiger partial charge in [-0.25, -0.2) is 0 Å². The number of aromatic nitrogens is 1. The van der Waals surface area contributed by atoms with Gasteiger partial charge in [0.05, 0.1) is 22.1 Å². The zero-order valence-electron chi connectivity index (χ0n) is 23.3. The van der Waals surface area contributed by atoms with Crippen LogP contribution >= 0.6 is 0 Å². The number of nitrogens with one attached hydrogen (secondary N) is 2. The smallest absolute Gasteiger partial charge is 0.145 e. The average Bonchev–Trinajstić information content (AvgIpc) is 3.61. The third-order valence-electron chi connectivity index (χ3n) is 8.16. The maximum atomic E-state index is 7.96. The molecule has 0 atom stereocenters. The van der Waals surface area contributed by atoms with Crippen molar-refractivity contribution >= 4 is 55.7 Å². The van der Waals surface area contributed by atoms with E-state index in [9.17, 15) is 0 Å². The predicted molar refractivity (Wildman–Crippen MR) is 180 cm³/mol. The van der Waals surface area contributed by atoms with E-state index in [2.05, 4.69) is 125 Å². The number of benzene rings is 6. The van der Waals surface area contributed by atoms with Crippen LogP contribution in [0.3, 0.4) is 0 Å². The fourth-order valence-corrected chi connectivity index (χ4v) is 6.11. The van der Waals surface area contributed by atoms with Gasteiger partial charge in [-0.05, 0) is 58.7 Å². The molecule has 4 nitrogen and oxygen atoms in total. The summed E-state index contributed by atoms with van der Waals surface area (Å²) in [6.45, 7) is 0. The SMILES string of the molecule is N=C/C=C(\Nn1c2ccccc2c2c3oc4ccccc4c3ccc21)c1cccc(-c2ccc(-c3ccccc3)cc2)c1.